The van der Waals surface area contributed by atoms with Crippen molar-refractivity contribution in [1.82, 2.24) is 14.0 Å². The van der Waals surface area contributed by atoms with Gasteiger partial charge in [-0.25, -0.2) is 27.4 Å². The van der Waals surface area contributed by atoms with E-state index < -0.39 is 47.4 Å². The van der Waals surface area contributed by atoms with Crippen LogP contribution in [0.3, 0.4) is 0 Å². The molecule has 12 N–H and O–H groups in total. The maximum atomic E-state index is 10.4. The van der Waals surface area contributed by atoms with Crippen molar-refractivity contribution in [2.24, 2.45) is 0 Å². The molecule has 0 aromatic rings. The Labute approximate surface area is 259 Å². The average Bonchev–Trinajstić information content (AvgIpc) is 3.46. The summed E-state index contributed by atoms with van der Waals surface area (Å²) in [5.74, 6) is 0. The highest BCUT2D eigenvalue weighted by molar-refractivity contribution is 7.50. The van der Waals surface area contributed by atoms with E-state index in [0.29, 0.717) is 0 Å². The summed E-state index contributed by atoms with van der Waals surface area (Å²) in [5, 5.41) is 0. The SMILES string of the molecule is C1CCN(P(N2CCCC2)N2CCCC2)C1.O=P(O)(O)F.O=P(O)(O)F.O=P(O)(O)F.O=P(O)(O)F.O=P(O)(O)F.O=P(O)(O)F. The minimum atomic E-state index is -5.14. The summed E-state index contributed by atoms with van der Waals surface area (Å²) in [6, 6.07) is 0. The summed E-state index contributed by atoms with van der Waals surface area (Å²) in [7, 11) is -30.9. The molecule has 3 fully saturated rings. The van der Waals surface area contributed by atoms with Crippen molar-refractivity contribution in [2.45, 2.75) is 38.5 Å². The molecule has 0 aromatic heterocycles. The van der Waals surface area contributed by atoms with Crippen molar-refractivity contribution in [3.63, 3.8) is 0 Å². The summed E-state index contributed by atoms with van der Waals surface area (Å²) in [4.78, 5) is 83.6. The first-order chi connectivity index (χ1) is 19.9. The van der Waals surface area contributed by atoms with E-state index in [-0.39, 0.29) is 8.37 Å². The van der Waals surface area contributed by atoms with Crippen LogP contribution < -0.4 is 0 Å². The van der Waals surface area contributed by atoms with Gasteiger partial charge in [-0.3, -0.25) is 72.7 Å². The molecule has 46 heavy (non-hydrogen) atoms. The van der Waals surface area contributed by atoms with E-state index in [1.807, 2.05) is 0 Å². The number of rotatable bonds is 3. The van der Waals surface area contributed by atoms with E-state index >= 15 is 0 Å². The van der Waals surface area contributed by atoms with Crippen LogP contribution in [0.4, 0.5) is 25.2 Å². The number of halogens is 6. The molecule has 21 nitrogen and oxygen atoms in total. The predicted octanol–water partition coefficient (Wildman–Crippen LogP) is 2.79. The van der Waals surface area contributed by atoms with Gasteiger partial charge < -0.3 is 0 Å². The largest absolute Gasteiger partial charge is 0.507 e. The smallest absolute Gasteiger partial charge is 0.299 e. The summed E-state index contributed by atoms with van der Waals surface area (Å²) in [6.45, 7) is 8.16. The number of hydrogen-bond acceptors (Lipinski definition) is 9. The first-order valence-electron chi connectivity index (χ1n) is 11.5. The van der Waals surface area contributed by atoms with Crippen LogP contribution in [-0.2, 0) is 27.4 Å². The van der Waals surface area contributed by atoms with Crippen molar-refractivity contribution in [3.05, 3.63) is 0 Å². The van der Waals surface area contributed by atoms with Crippen LogP contribution in [0.25, 0.3) is 0 Å². The molecule has 0 bridgehead atoms. The Hall–Kier alpha value is 0.790. The van der Waals surface area contributed by atoms with Gasteiger partial charge in [0.05, 0.1) is 0 Å². The Balaban J connectivity index is -0.000000249. The lowest BCUT2D eigenvalue weighted by Gasteiger charge is -2.40. The molecule has 3 rings (SSSR count). The zero-order valence-corrected chi connectivity index (χ0v) is 29.3. The van der Waals surface area contributed by atoms with Crippen LogP contribution >= 0.6 is 55.8 Å². The van der Waals surface area contributed by atoms with E-state index in [0.717, 1.165) is 0 Å². The van der Waals surface area contributed by atoms with Gasteiger partial charge in [-0.1, -0.05) is 0 Å². The third-order valence-electron chi connectivity index (χ3n) is 4.01. The second-order valence-electron chi connectivity index (χ2n) is 8.09. The number of nitrogens with zero attached hydrogens (tertiary/aromatic N) is 3. The van der Waals surface area contributed by atoms with Crippen molar-refractivity contribution in [3.8, 4) is 0 Å². The Morgan fingerprint density at radius 3 is 0.500 bits per heavy atom. The molecule has 0 unspecified atom stereocenters. The molecule has 0 radical (unpaired) electrons. The summed E-state index contributed by atoms with van der Waals surface area (Å²) < 4.78 is 122. The molecular weight excluding hydrogens is 805 g/mol. The lowest BCUT2D eigenvalue weighted by Crippen LogP contribution is -2.34. The van der Waals surface area contributed by atoms with Gasteiger partial charge in [-0.2, -0.15) is 0 Å². The zero-order valence-electron chi connectivity index (χ0n) is 23.0. The lowest BCUT2D eigenvalue weighted by molar-refractivity contribution is 0.320. The molecule has 0 amide bonds. The molecule has 3 aliphatic rings. The maximum absolute atomic E-state index is 10.4. The lowest BCUT2D eigenvalue weighted by atomic mass is 10.4. The van der Waals surface area contributed by atoms with Gasteiger partial charge in [0.15, 0.2) is 0 Å². The molecule has 284 valence electrons. The fraction of sp³-hybridized carbons (Fsp3) is 1.00. The first kappa shape index (κ1) is 53.6. The van der Waals surface area contributed by atoms with E-state index in [2.05, 4.69) is 14.0 Å². The highest BCUT2D eigenvalue weighted by atomic mass is 31.2. The molecule has 34 heteroatoms. The van der Waals surface area contributed by atoms with Crippen molar-refractivity contribution in [2.75, 3.05) is 39.3 Å². The van der Waals surface area contributed by atoms with Gasteiger partial charge in [0.1, 0.15) is 8.37 Å². The van der Waals surface area contributed by atoms with Crippen LogP contribution in [0.2, 0.25) is 0 Å². The third kappa shape index (κ3) is 75.2. The molecule has 0 aromatic carbocycles. The molecule has 3 heterocycles. The summed E-state index contributed by atoms with van der Waals surface area (Å²) >= 11 is 0. The van der Waals surface area contributed by atoms with Gasteiger partial charge >= 0.3 is 47.4 Å². The molecule has 0 spiro atoms. The van der Waals surface area contributed by atoms with Crippen molar-refractivity contribution >= 4 is 55.8 Å². The van der Waals surface area contributed by atoms with Crippen LogP contribution in [0, 0.1) is 0 Å². The molecule has 0 saturated carbocycles. The highest BCUT2D eigenvalue weighted by Gasteiger charge is 2.35. The molecule has 3 aliphatic heterocycles. The van der Waals surface area contributed by atoms with E-state index in [1.165, 1.54) is 77.8 Å². The minimum absolute atomic E-state index is 0.0640. The Bertz CT molecular complexity index is 837. The monoisotopic (exact) mass is 841 g/mol. The van der Waals surface area contributed by atoms with Gasteiger partial charge in [0.25, 0.3) is 0 Å². The Morgan fingerprint density at radius 1 is 0.326 bits per heavy atom. The third-order valence-corrected chi connectivity index (χ3v) is 6.72. The van der Waals surface area contributed by atoms with E-state index in [4.69, 9.17) is 86.1 Å². The molecule has 3 saturated heterocycles. The van der Waals surface area contributed by atoms with Crippen LogP contribution in [0.5, 0.6) is 0 Å². The predicted molar refractivity (Wildman–Crippen MR) is 148 cm³/mol. The Kier molecular flexibility index (Phi) is 29.0. The summed E-state index contributed by atoms with van der Waals surface area (Å²) in [5.41, 5.74) is 0. The maximum Gasteiger partial charge on any atom is 0.507 e. The van der Waals surface area contributed by atoms with Crippen LogP contribution in [0.15, 0.2) is 0 Å². The average molecular weight is 841 g/mol. The second-order valence-corrected chi connectivity index (χ2v) is 16.0. The first-order valence-corrected chi connectivity index (χ1v) is 21.7. The van der Waals surface area contributed by atoms with Gasteiger partial charge in [-0.15, -0.1) is 25.2 Å². The minimum Gasteiger partial charge on any atom is -0.299 e. The topological polar surface area (TPSA) is 355 Å². The molecule has 0 aliphatic carbocycles. The normalized spacial score (nSPS) is 18.1. The van der Waals surface area contributed by atoms with Crippen molar-refractivity contribution < 1.29 is 111 Å². The fourth-order valence-electron chi connectivity index (χ4n) is 3.17. The van der Waals surface area contributed by atoms with Gasteiger partial charge in [0.2, 0.25) is 0 Å². The van der Waals surface area contributed by atoms with Crippen molar-refractivity contribution in [1.29, 1.82) is 0 Å². The highest BCUT2D eigenvalue weighted by Crippen LogP contribution is 2.52. The van der Waals surface area contributed by atoms with Gasteiger partial charge in [0, 0.05) is 39.3 Å². The molecule has 0 atom stereocenters. The van der Waals surface area contributed by atoms with E-state index in [9.17, 15) is 25.2 Å². The second kappa shape index (κ2) is 24.9. The van der Waals surface area contributed by atoms with E-state index in [1.54, 1.807) is 0 Å². The standard InChI is InChI=1S/C12H24N3P.6FH2O3P/c1-2-8-13(7-1)16(14-9-3-4-10-14)15-11-5-6-12-15;6*1-5(2,3)4/h1-12H2;6*(H2,2,3,4). The zero-order chi connectivity index (χ0) is 37.8. The van der Waals surface area contributed by atoms with Gasteiger partial charge in [-0.05, 0) is 38.5 Å². The van der Waals surface area contributed by atoms with Crippen LogP contribution in [-0.4, -0.2) is 112 Å². The summed E-state index contributed by atoms with van der Waals surface area (Å²) in [6.07, 6.45) is 8.59. The number of hydrogen-bond donors (Lipinski definition) is 12. The molecular formula is C12H36F6N3O18P7. The fourth-order valence-corrected chi connectivity index (χ4v) is 6.17. The Morgan fingerprint density at radius 2 is 0.413 bits per heavy atom. The van der Waals surface area contributed by atoms with Crippen LogP contribution in [0.1, 0.15) is 38.5 Å². The quantitative estimate of drug-likeness (QED) is 0.143.